The first kappa shape index (κ1) is 17.2. The van der Waals surface area contributed by atoms with Crippen molar-refractivity contribution in [1.82, 2.24) is 9.88 Å². The second-order valence-electron chi connectivity index (χ2n) is 6.47. The van der Waals surface area contributed by atoms with Gasteiger partial charge in [0, 0.05) is 28.2 Å². The maximum absolute atomic E-state index is 12.8. The van der Waals surface area contributed by atoms with E-state index in [2.05, 4.69) is 4.98 Å². The Labute approximate surface area is 160 Å². The molecule has 1 amide bonds. The Hall–Kier alpha value is -2.21. The van der Waals surface area contributed by atoms with Crippen LogP contribution in [0.5, 0.6) is 5.75 Å². The summed E-state index contributed by atoms with van der Waals surface area (Å²) in [5, 5.41) is 11.8. The molecule has 0 spiro atoms. The highest BCUT2D eigenvalue weighted by molar-refractivity contribution is 6.32. The second kappa shape index (κ2) is 6.50. The number of fused-ring (bicyclic) bond motifs is 3. The maximum Gasteiger partial charge on any atom is 0.244 e. The van der Waals surface area contributed by atoms with Crippen LogP contribution in [0.15, 0.2) is 36.4 Å². The molecule has 4 N–H and O–H groups in total. The van der Waals surface area contributed by atoms with Gasteiger partial charge in [-0.3, -0.25) is 4.79 Å². The average molecular weight is 390 g/mol. The smallest absolute Gasteiger partial charge is 0.244 e. The monoisotopic (exact) mass is 389 g/mol. The van der Waals surface area contributed by atoms with Gasteiger partial charge in [-0.1, -0.05) is 29.3 Å². The zero-order valence-corrected chi connectivity index (χ0v) is 15.3. The molecule has 4 rings (SSSR count). The third-order valence-corrected chi connectivity index (χ3v) is 5.40. The molecule has 1 aromatic heterocycles. The van der Waals surface area contributed by atoms with Gasteiger partial charge in [0.25, 0.3) is 0 Å². The summed E-state index contributed by atoms with van der Waals surface area (Å²) in [6.45, 7) is 1.05. The molecule has 0 saturated heterocycles. The molecule has 0 saturated carbocycles. The van der Waals surface area contributed by atoms with Crippen molar-refractivity contribution in [2.45, 2.75) is 19.0 Å². The van der Waals surface area contributed by atoms with Crippen LogP contribution in [-0.2, 0) is 17.8 Å². The molecule has 3 aromatic rings. The zero-order chi connectivity index (χ0) is 18.4. The van der Waals surface area contributed by atoms with Crippen LogP contribution in [0, 0.1) is 0 Å². The molecule has 1 atom stereocenters. The minimum Gasteiger partial charge on any atom is -0.506 e. The van der Waals surface area contributed by atoms with Gasteiger partial charge >= 0.3 is 0 Å². The topological polar surface area (TPSA) is 82.4 Å². The van der Waals surface area contributed by atoms with Crippen LogP contribution in [0.4, 0.5) is 0 Å². The van der Waals surface area contributed by atoms with E-state index >= 15 is 0 Å². The van der Waals surface area contributed by atoms with Gasteiger partial charge in [-0.2, -0.15) is 0 Å². The molecule has 134 valence electrons. The number of hydrogen-bond acceptors (Lipinski definition) is 3. The van der Waals surface area contributed by atoms with Crippen LogP contribution in [0.1, 0.15) is 22.9 Å². The molecule has 2 heterocycles. The quantitative estimate of drug-likeness (QED) is 0.623. The van der Waals surface area contributed by atoms with E-state index in [4.69, 9.17) is 28.9 Å². The number of halogens is 2. The molecular weight excluding hydrogens is 373 g/mol. The van der Waals surface area contributed by atoms with Crippen molar-refractivity contribution in [2.75, 3.05) is 6.54 Å². The summed E-state index contributed by atoms with van der Waals surface area (Å²) in [6.07, 6.45) is 0.736. The fraction of sp³-hybridized carbons (Fsp3) is 0.211. The third-order valence-electron chi connectivity index (χ3n) is 4.84. The molecule has 1 aliphatic rings. The van der Waals surface area contributed by atoms with Gasteiger partial charge in [0.15, 0.2) is 0 Å². The van der Waals surface area contributed by atoms with E-state index in [0.29, 0.717) is 23.7 Å². The lowest BCUT2D eigenvalue weighted by Crippen LogP contribution is -2.41. The Morgan fingerprint density at radius 3 is 2.81 bits per heavy atom. The summed E-state index contributed by atoms with van der Waals surface area (Å²) in [7, 11) is 0. The molecule has 1 aliphatic heterocycles. The summed E-state index contributed by atoms with van der Waals surface area (Å²) < 4.78 is 0. The number of hydrogen-bond donors (Lipinski definition) is 3. The molecule has 0 radical (unpaired) electrons. The SMILES string of the molecule is NC(C(=O)N1CCc2c([nH]c3ccc(Cl)cc23)C1)c1ccc(Cl)c(O)c1. The number of carbonyl (C=O) groups excluding carboxylic acids is 1. The van der Waals surface area contributed by atoms with Crippen LogP contribution in [-0.4, -0.2) is 27.4 Å². The number of benzene rings is 2. The van der Waals surface area contributed by atoms with Crippen LogP contribution in [0.2, 0.25) is 10.0 Å². The molecular formula is C19H17Cl2N3O2. The molecule has 2 aromatic carbocycles. The Morgan fingerprint density at radius 1 is 1.23 bits per heavy atom. The average Bonchev–Trinajstić information content (AvgIpc) is 2.99. The van der Waals surface area contributed by atoms with Gasteiger partial charge in [0.1, 0.15) is 11.8 Å². The van der Waals surface area contributed by atoms with Crippen LogP contribution >= 0.6 is 23.2 Å². The van der Waals surface area contributed by atoms with Crippen LogP contribution in [0.3, 0.4) is 0 Å². The number of phenols is 1. The number of nitrogens with zero attached hydrogens (tertiary/aromatic N) is 1. The standard InChI is InChI=1S/C19H17Cl2N3O2/c20-11-2-4-15-13(8-11)12-5-6-24(9-16(12)23-15)19(26)18(22)10-1-3-14(21)17(25)7-10/h1-4,7-8,18,23,25H,5-6,9,22H2. The molecule has 0 bridgehead atoms. The van der Waals surface area contributed by atoms with E-state index in [0.717, 1.165) is 23.0 Å². The van der Waals surface area contributed by atoms with E-state index in [9.17, 15) is 9.90 Å². The normalized spacial score (nSPS) is 15.1. The number of phenolic OH excluding ortho intramolecular Hbond substituents is 1. The number of carbonyl (C=O) groups is 1. The van der Waals surface area contributed by atoms with E-state index < -0.39 is 6.04 Å². The predicted molar refractivity (Wildman–Crippen MR) is 102 cm³/mol. The highest BCUT2D eigenvalue weighted by Crippen LogP contribution is 2.31. The number of nitrogens with two attached hydrogens (primary N) is 1. The number of aromatic amines is 1. The second-order valence-corrected chi connectivity index (χ2v) is 7.31. The summed E-state index contributed by atoms with van der Waals surface area (Å²) >= 11 is 11.9. The fourth-order valence-electron chi connectivity index (χ4n) is 3.46. The first-order valence-electron chi connectivity index (χ1n) is 8.26. The van der Waals surface area contributed by atoms with Gasteiger partial charge in [0.2, 0.25) is 5.91 Å². The minimum atomic E-state index is -0.849. The van der Waals surface area contributed by atoms with Crippen molar-refractivity contribution in [3.8, 4) is 5.75 Å². The number of amides is 1. The van der Waals surface area contributed by atoms with Gasteiger partial charge in [-0.05, 0) is 47.9 Å². The van der Waals surface area contributed by atoms with E-state index in [1.807, 2.05) is 18.2 Å². The molecule has 0 fully saturated rings. The lowest BCUT2D eigenvalue weighted by atomic mass is 10.0. The van der Waals surface area contributed by atoms with Crippen molar-refractivity contribution < 1.29 is 9.90 Å². The summed E-state index contributed by atoms with van der Waals surface area (Å²) in [5.74, 6) is -0.269. The largest absolute Gasteiger partial charge is 0.506 e. The maximum atomic E-state index is 12.8. The summed E-state index contributed by atoms with van der Waals surface area (Å²) in [6, 6.07) is 9.53. The number of rotatable bonds is 2. The summed E-state index contributed by atoms with van der Waals surface area (Å²) in [5.41, 5.74) is 9.88. The molecule has 7 heteroatoms. The van der Waals surface area contributed by atoms with Crippen molar-refractivity contribution in [3.05, 3.63) is 63.3 Å². The minimum absolute atomic E-state index is 0.0826. The Kier molecular flexibility index (Phi) is 4.31. The van der Waals surface area contributed by atoms with E-state index in [-0.39, 0.29) is 16.7 Å². The Balaban J connectivity index is 1.59. The van der Waals surface area contributed by atoms with Gasteiger partial charge in [-0.15, -0.1) is 0 Å². The first-order chi connectivity index (χ1) is 12.4. The fourth-order valence-corrected chi connectivity index (χ4v) is 3.75. The Morgan fingerprint density at radius 2 is 2.04 bits per heavy atom. The molecule has 1 unspecified atom stereocenters. The van der Waals surface area contributed by atoms with E-state index in [1.165, 1.54) is 17.7 Å². The lowest BCUT2D eigenvalue weighted by molar-refractivity contribution is -0.133. The predicted octanol–water partition coefficient (Wildman–Crippen LogP) is 3.77. The summed E-state index contributed by atoms with van der Waals surface area (Å²) in [4.78, 5) is 17.9. The number of aromatic nitrogens is 1. The lowest BCUT2D eigenvalue weighted by Gasteiger charge is -2.29. The third kappa shape index (κ3) is 2.92. The number of nitrogens with one attached hydrogen (secondary N) is 1. The molecule has 0 aliphatic carbocycles. The van der Waals surface area contributed by atoms with Crippen molar-refractivity contribution in [1.29, 1.82) is 0 Å². The number of H-pyrrole nitrogens is 1. The Bertz CT molecular complexity index is 1020. The zero-order valence-electron chi connectivity index (χ0n) is 13.8. The van der Waals surface area contributed by atoms with Crippen LogP contribution in [0.25, 0.3) is 10.9 Å². The molecule has 5 nitrogen and oxygen atoms in total. The van der Waals surface area contributed by atoms with Crippen molar-refractivity contribution >= 4 is 40.0 Å². The number of aromatic hydroxyl groups is 1. The van der Waals surface area contributed by atoms with Gasteiger partial charge in [-0.25, -0.2) is 0 Å². The van der Waals surface area contributed by atoms with Gasteiger partial charge in [0.05, 0.1) is 11.6 Å². The van der Waals surface area contributed by atoms with Crippen LogP contribution < -0.4 is 5.73 Å². The first-order valence-corrected chi connectivity index (χ1v) is 9.01. The molecule has 26 heavy (non-hydrogen) atoms. The van der Waals surface area contributed by atoms with Gasteiger partial charge < -0.3 is 20.7 Å². The van der Waals surface area contributed by atoms with E-state index in [1.54, 1.807) is 11.0 Å². The highest BCUT2D eigenvalue weighted by Gasteiger charge is 2.28. The van der Waals surface area contributed by atoms with Crippen molar-refractivity contribution in [3.63, 3.8) is 0 Å². The highest BCUT2D eigenvalue weighted by atomic mass is 35.5. The van der Waals surface area contributed by atoms with Crippen molar-refractivity contribution in [2.24, 2.45) is 5.73 Å².